The molecule has 1 aliphatic rings. The molecule has 0 bridgehead atoms. The number of carbonyl (C=O) groups is 2. The fraction of sp³-hybridized carbons (Fsp3) is 0.290. The zero-order chi connectivity index (χ0) is 29.2. The molecule has 0 radical (unpaired) electrons. The minimum absolute atomic E-state index is 0.0779. The molecule has 3 aromatic rings. The fourth-order valence-corrected chi connectivity index (χ4v) is 4.91. The Morgan fingerprint density at radius 1 is 1.00 bits per heavy atom. The van der Waals surface area contributed by atoms with Crippen molar-refractivity contribution in [2.45, 2.75) is 12.5 Å². The van der Waals surface area contributed by atoms with Gasteiger partial charge in [-0.1, -0.05) is 65.9 Å². The van der Waals surface area contributed by atoms with Gasteiger partial charge in [-0.2, -0.15) is 0 Å². The van der Waals surface area contributed by atoms with Crippen LogP contribution >= 0.6 is 11.6 Å². The van der Waals surface area contributed by atoms with Crippen molar-refractivity contribution in [3.05, 3.63) is 100 Å². The molecule has 1 saturated heterocycles. The van der Waals surface area contributed by atoms with Gasteiger partial charge >= 0.3 is 6.09 Å². The lowest BCUT2D eigenvalue weighted by atomic mass is 9.96. The molecule has 1 heterocycles. The van der Waals surface area contributed by atoms with Crippen LogP contribution in [0.15, 0.2) is 72.8 Å². The van der Waals surface area contributed by atoms with Crippen LogP contribution in [0.2, 0.25) is 5.02 Å². The Labute approximate surface area is 245 Å². The fourth-order valence-electron chi connectivity index (χ4n) is 4.79. The van der Waals surface area contributed by atoms with Gasteiger partial charge < -0.3 is 15.6 Å². The molecule has 9 nitrogen and oxygen atoms in total. The summed E-state index contributed by atoms with van der Waals surface area (Å²) in [7, 11) is 0. The lowest BCUT2D eigenvalue weighted by Gasteiger charge is -2.39. The molecule has 214 valence electrons. The standard InChI is InChI=1S/C31H34ClN5O4/c32-26-12-10-25(11-13-26)29(24-7-2-1-3-8-24)36-18-16-35(17-19-36)20-21-41-28-14-9-23(22-27(28)30(33)38)6-4-5-15-37(34)31(39)40/h1-3,7-14,22,29H,5,15-21,34H2,(H2,33,38)(H,39,40). The summed E-state index contributed by atoms with van der Waals surface area (Å²) in [5, 5.41) is 10.2. The van der Waals surface area contributed by atoms with Crippen molar-refractivity contribution >= 4 is 23.6 Å². The molecule has 1 fully saturated rings. The first-order valence-corrected chi connectivity index (χ1v) is 13.8. The Morgan fingerprint density at radius 2 is 1.68 bits per heavy atom. The molecule has 5 N–H and O–H groups in total. The maximum Gasteiger partial charge on any atom is 0.421 e. The van der Waals surface area contributed by atoms with Crippen molar-refractivity contribution in [3.8, 4) is 17.6 Å². The van der Waals surface area contributed by atoms with Crippen LogP contribution < -0.4 is 16.3 Å². The monoisotopic (exact) mass is 575 g/mol. The number of hydrogen-bond donors (Lipinski definition) is 3. The van der Waals surface area contributed by atoms with E-state index in [0.29, 0.717) is 29.5 Å². The Kier molecular flexibility index (Phi) is 10.6. The van der Waals surface area contributed by atoms with Gasteiger partial charge in [0.2, 0.25) is 0 Å². The topological polar surface area (TPSA) is 125 Å². The molecular weight excluding hydrogens is 542 g/mol. The van der Waals surface area contributed by atoms with Gasteiger partial charge in [-0.25, -0.2) is 15.6 Å². The predicted molar refractivity (Wildman–Crippen MR) is 159 cm³/mol. The molecule has 0 saturated carbocycles. The molecule has 2 amide bonds. The number of amides is 2. The maximum atomic E-state index is 12.1. The minimum atomic E-state index is -1.22. The quantitative estimate of drug-likeness (QED) is 0.145. The molecule has 0 spiro atoms. The van der Waals surface area contributed by atoms with Crippen LogP contribution in [0.4, 0.5) is 4.79 Å². The number of nitrogens with zero attached hydrogens (tertiary/aromatic N) is 3. The Morgan fingerprint density at radius 3 is 2.34 bits per heavy atom. The summed E-state index contributed by atoms with van der Waals surface area (Å²) in [6, 6.07) is 23.7. The van der Waals surface area contributed by atoms with Crippen molar-refractivity contribution in [3.63, 3.8) is 0 Å². The smallest absolute Gasteiger partial charge is 0.421 e. The molecule has 4 rings (SSSR count). The van der Waals surface area contributed by atoms with E-state index in [4.69, 9.17) is 33.0 Å². The highest BCUT2D eigenvalue weighted by Gasteiger charge is 2.26. The van der Waals surface area contributed by atoms with Gasteiger partial charge in [-0.05, 0) is 41.5 Å². The number of halogens is 1. The van der Waals surface area contributed by atoms with E-state index in [2.05, 4.69) is 58.0 Å². The lowest BCUT2D eigenvalue weighted by molar-refractivity contribution is 0.0957. The molecule has 10 heteroatoms. The Bertz CT molecular complexity index is 1380. The van der Waals surface area contributed by atoms with E-state index < -0.39 is 12.0 Å². The third-order valence-electron chi connectivity index (χ3n) is 6.94. The molecule has 41 heavy (non-hydrogen) atoms. The van der Waals surface area contributed by atoms with Gasteiger partial charge in [-0.3, -0.25) is 14.6 Å². The number of nitrogens with two attached hydrogens (primary N) is 2. The molecule has 1 unspecified atom stereocenters. The van der Waals surface area contributed by atoms with Gasteiger partial charge in [0.25, 0.3) is 5.91 Å². The maximum absolute atomic E-state index is 12.1. The molecule has 1 aliphatic heterocycles. The van der Waals surface area contributed by atoms with E-state index in [-0.39, 0.29) is 24.6 Å². The normalized spacial score (nSPS) is 14.5. The Hall–Kier alpha value is -4.07. The number of carbonyl (C=O) groups excluding carboxylic acids is 1. The summed E-state index contributed by atoms with van der Waals surface area (Å²) in [6.07, 6.45) is -0.966. The molecule has 1 atom stereocenters. The van der Waals surface area contributed by atoms with E-state index >= 15 is 0 Å². The first-order chi connectivity index (χ1) is 19.8. The number of piperazine rings is 1. The van der Waals surface area contributed by atoms with Crippen LogP contribution in [0.3, 0.4) is 0 Å². The molecule has 0 aliphatic carbocycles. The second kappa shape index (κ2) is 14.5. The van der Waals surface area contributed by atoms with E-state index in [9.17, 15) is 9.59 Å². The van der Waals surface area contributed by atoms with Crippen molar-refractivity contribution in [1.29, 1.82) is 0 Å². The van der Waals surface area contributed by atoms with Crippen LogP contribution in [0, 0.1) is 11.8 Å². The summed E-state index contributed by atoms with van der Waals surface area (Å²) in [5.41, 5.74) is 8.89. The summed E-state index contributed by atoms with van der Waals surface area (Å²) in [6.45, 7) is 4.77. The lowest BCUT2D eigenvalue weighted by Crippen LogP contribution is -2.48. The molecule has 3 aromatic carbocycles. The SMILES string of the molecule is NC(=O)c1cc(C#CCCN(N)C(=O)O)ccc1OCCN1CCN(C(c2ccccc2)c2ccc(Cl)cc2)CC1. The highest BCUT2D eigenvalue weighted by molar-refractivity contribution is 6.30. The number of rotatable bonds is 10. The van der Waals surface area contributed by atoms with E-state index in [1.807, 2.05) is 18.2 Å². The van der Waals surface area contributed by atoms with Gasteiger partial charge in [0, 0.05) is 49.7 Å². The van der Waals surface area contributed by atoms with Gasteiger partial charge in [-0.15, -0.1) is 0 Å². The minimum Gasteiger partial charge on any atom is -0.491 e. The number of primary amides is 1. The number of ether oxygens (including phenoxy) is 1. The second-order valence-electron chi connectivity index (χ2n) is 9.69. The number of benzene rings is 3. The van der Waals surface area contributed by atoms with Crippen LogP contribution in [-0.2, 0) is 0 Å². The van der Waals surface area contributed by atoms with Crippen LogP contribution in [0.5, 0.6) is 5.75 Å². The Balaban J connectivity index is 1.31. The van der Waals surface area contributed by atoms with E-state index in [0.717, 1.165) is 31.2 Å². The first kappa shape index (κ1) is 29.9. The summed E-state index contributed by atoms with van der Waals surface area (Å²) < 4.78 is 5.96. The third kappa shape index (κ3) is 8.46. The average Bonchev–Trinajstić information content (AvgIpc) is 2.98. The van der Waals surface area contributed by atoms with Crippen LogP contribution in [0.25, 0.3) is 0 Å². The van der Waals surface area contributed by atoms with Crippen molar-refractivity contribution in [1.82, 2.24) is 14.8 Å². The zero-order valence-electron chi connectivity index (χ0n) is 22.7. The van der Waals surface area contributed by atoms with Crippen molar-refractivity contribution in [2.24, 2.45) is 11.6 Å². The van der Waals surface area contributed by atoms with Gasteiger partial charge in [0.05, 0.1) is 18.2 Å². The third-order valence-corrected chi connectivity index (χ3v) is 7.19. The zero-order valence-corrected chi connectivity index (χ0v) is 23.5. The van der Waals surface area contributed by atoms with E-state index in [1.54, 1.807) is 18.2 Å². The summed E-state index contributed by atoms with van der Waals surface area (Å²) >= 11 is 6.15. The molecule has 0 aromatic heterocycles. The second-order valence-corrected chi connectivity index (χ2v) is 10.1. The summed E-state index contributed by atoms with van der Waals surface area (Å²) in [5.74, 6) is 10.9. The predicted octanol–water partition coefficient (Wildman–Crippen LogP) is 3.82. The first-order valence-electron chi connectivity index (χ1n) is 13.4. The number of hydrogen-bond acceptors (Lipinski definition) is 6. The van der Waals surface area contributed by atoms with Crippen molar-refractivity contribution < 1.29 is 19.4 Å². The van der Waals surface area contributed by atoms with Crippen molar-refractivity contribution in [2.75, 3.05) is 45.9 Å². The van der Waals surface area contributed by atoms with Gasteiger partial charge in [0.15, 0.2) is 0 Å². The van der Waals surface area contributed by atoms with Crippen LogP contribution in [0.1, 0.15) is 39.5 Å². The highest BCUT2D eigenvalue weighted by atomic mass is 35.5. The van der Waals surface area contributed by atoms with E-state index in [1.165, 1.54) is 11.1 Å². The highest BCUT2D eigenvalue weighted by Crippen LogP contribution is 2.30. The number of hydrazine groups is 1. The largest absolute Gasteiger partial charge is 0.491 e. The summed E-state index contributed by atoms with van der Waals surface area (Å²) in [4.78, 5) is 27.7. The van der Waals surface area contributed by atoms with Crippen LogP contribution in [-0.4, -0.2) is 77.8 Å². The number of carboxylic acid groups (broad SMARTS) is 1. The molecular formula is C31H34ClN5O4. The average molecular weight is 576 g/mol. The van der Waals surface area contributed by atoms with Gasteiger partial charge in [0.1, 0.15) is 12.4 Å².